The molecule has 0 aliphatic heterocycles. The van der Waals surface area contributed by atoms with Crippen molar-refractivity contribution in [3.63, 3.8) is 0 Å². The third-order valence-corrected chi connectivity index (χ3v) is 4.03. The number of carbonyl (C=O) groups is 1. The average molecular weight is 387 g/mol. The molecule has 122 valence electrons. The number of nitrogens with zero attached hydrogens (tertiary/aromatic N) is 2. The van der Waals surface area contributed by atoms with Crippen LogP contribution in [0, 0.1) is 22.1 Å². The average Bonchev–Trinajstić information content (AvgIpc) is 2.57. The second-order valence-electron chi connectivity index (χ2n) is 5.15. The first-order chi connectivity index (χ1) is 11.4. The van der Waals surface area contributed by atoms with E-state index in [1.54, 1.807) is 12.1 Å². The highest BCUT2D eigenvalue weighted by Gasteiger charge is 2.17. The van der Waals surface area contributed by atoms with Crippen LogP contribution in [0.25, 0.3) is 10.8 Å². The molecule has 2 aromatic carbocycles. The molecule has 7 heteroatoms. The summed E-state index contributed by atoms with van der Waals surface area (Å²) in [5.74, 6) is -0.933. The van der Waals surface area contributed by atoms with Crippen molar-refractivity contribution in [3.8, 4) is 6.07 Å². The van der Waals surface area contributed by atoms with Gasteiger partial charge in [-0.25, -0.2) is 0 Å². The zero-order chi connectivity index (χ0) is 17.7. The molecule has 0 saturated carbocycles. The van der Waals surface area contributed by atoms with Crippen LogP contribution in [-0.4, -0.2) is 26.6 Å². The molecule has 0 unspecified atom stereocenters. The third kappa shape index (κ3) is 3.97. The van der Waals surface area contributed by atoms with E-state index in [2.05, 4.69) is 22.0 Å². The van der Waals surface area contributed by atoms with Gasteiger partial charge in [0, 0.05) is 6.42 Å². The summed E-state index contributed by atoms with van der Waals surface area (Å²) >= 11 is 3.07. The second kappa shape index (κ2) is 7.70. The highest BCUT2D eigenvalue weighted by Crippen LogP contribution is 2.24. The van der Waals surface area contributed by atoms with Crippen LogP contribution in [0.2, 0.25) is 0 Å². The van der Waals surface area contributed by atoms with Crippen LogP contribution < -0.4 is 0 Å². The molecule has 0 aromatic heterocycles. The molecule has 0 amide bonds. The van der Waals surface area contributed by atoms with Crippen molar-refractivity contribution in [1.29, 1.82) is 16.1 Å². The van der Waals surface area contributed by atoms with Gasteiger partial charge in [-0.05, 0) is 38.3 Å². The number of carboxylic acids is 1. The second-order valence-corrected chi connectivity index (χ2v) is 5.90. The monoisotopic (exact) mass is 386 g/mol. The van der Waals surface area contributed by atoms with Crippen LogP contribution >= 0.6 is 15.9 Å². The smallest absolute Gasteiger partial charge is 0.303 e. The van der Waals surface area contributed by atoms with Crippen molar-refractivity contribution >= 4 is 43.3 Å². The van der Waals surface area contributed by atoms with Gasteiger partial charge in [0.25, 0.3) is 0 Å². The van der Waals surface area contributed by atoms with Crippen molar-refractivity contribution in [2.75, 3.05) is 0 Å². The summed E-state index contributed by atoms with van der Waals surface area (Å²) in [7, 11) is 0. The van der Waals surface area contributed by atoms with Gasteiger partial charge in [0.05, 0.1) is 24.6 Å². The van der Waals surface area contributed by atoms with E-state index in [4.69, 9.17) is 15.9 Å². The van der Waals surface area contributed by atoms with Crippen molar-refractivity contribution in [2.24, 2.45) is 0 Å². The molecule has 0 aliphatic carbocycles. The Balaban J connectivity index is 2.35. The summed E-state index contributed by atoms with van der Waals surface area (Å²) in [4.78, 5) is 12.1. The maximum Gasteiger partial charge on any atom is 0.303 e. The Labute approximate surface area is 147 Å². The van der Waals surface area contributed by atoms with Gasteiger partial charge in [0.1, 0.15) is 5.84 Å². The van der Waals surface area contributed by atoms with Crippen LogP contribution in [0.4, 0.5) is 0 Å². The first-order valence-electron chi connectivity index (χ1n) is 7.15. The van der Waals surface area contributed by atoms with Crippen molar-refractivity contribution in [2.45, 2.75) is 19.4 Å². The number of amidine groups is 2. The lowest BCUT2D eigenvalue weighted by atomic mass is 10.00. The lowest BCUT2D eigenvalue weighted by Gasteiger charge is -2.23. The van der Waals surface area contributed by atoms with Crippen molar-refractivity contribution < 1.29 is 9.90 Å². The minimum atomic E-state index is -0.982. The molecule has 0 aliphatic rings. The first-order valence-corrected chi connectivity index (χ1v) is 7.95. The van der Waals surface area contributed by atoms with Gasteiger partial charge in [-0.15, -0.1) is 0 Å². The Morgan fingerprint density at radius 3 is 2.42 bits per heavy atom. The minimum absolute atomic E-state index is 0.00803. The quantitative estimate of drug-likeness (QED) is 0.413. The van der Waals surface area contributed by atoms with E-state index in [0.29, 0.717) is 5.56 Å². The maximum atomic E-state index is 10.7. The zero-order valence-electron chi connectivity index (χ0n) is 12.7. The third-order valence-electron chi connectivity index (χ3n) is 3.60. The molecule has 24 heavy (non-hydrogen) atoms. The summed E-state index contributed by atoms with van der Waals surface area (Å²) in [5, 5.41) is 35.5. The van der Waals surface area contributed by atoms with Crippen molar-refractivity contribution in [1.82, 2.24) is 4.90 Å². The number of nitriles is 1. The highest BCUT2D eigenvalue weighted by atomic mass is 79.9. The number of halogens is 1. The summed E-state index contributed by atoms with van der Waals surface area (Å²) in [6.45, 7) is 0.245. The predicted octanol–water partition coefficient (Wildman–Crippen LogP) is 3.69. The van der Waals surface area contributed by atoms with Gasteiger partial charge in [-0.1, -0.05) is 30.3 Å². The number of fused-ring (bicyclic) bond motifs is 1. The fourth-order valence-corrected chi connectivity index (χ4v) is 2.75. The van der Waals surface area contributed by atoms with Crippen LogP contribution in [0.15, 0.2) is 36.4 Å². The van der Waals surface area contributed by atoms with E-state index < -0.39 is 5.97 Å². The van der Waals surface area contributed by atoms with E-state index in [1.165, 1.54) is 4.90 Å². The lowest BCUT2D eigenvalue weighted by Crippen LogP contribution is -2.32. The largest absolute Gasteiger partial charge is 0.481 e. The molecule has 0 saturated heterocycles. The minimum Gasteiger partial charge on any atom is -0.481 e. The summed E-state index contributed by atoms with van der Waals surface area (Å²) in [6.07, 6.45) is -0.124. The molecule has 0 atom stereocenters. The summed E-state index contributed by atoms with van der Waals surface area (Å²) in [5.41, 5.74) is 1.42. The van der Waals surface area contributed by atoms with Gasteiger partial charge in [-0.3, -0.25) is 15.6 Å². The van der Waals surface area contributed by atoms with Crippen LogP contribution in [0.1, 0.15) is 24.0 Å². The topological polar surface area (TPSA) is 112 Å². The molecule has 0 heterocycles. The lowest BCUT2D eigenvalue weighted by molar-refractivity contribution is -0.136. The molecule has 0 spiro atoms. The van der Waals surface area contributed by atoms with Crippen LogP contribution in [0.3, 0.4) is 0 Å². The number of nitrogens with one attached hydrogen (secondary N) is 2. The van der Waals surface area contributed by atoms with E-state index in [1.807, 2.05) is 24.3 Å². The molecular formula is C17H15BrN4O2. The van der Waals surface area contributed by atoms with E-state index >= 15 is 0 Å². The fraction of sp³-hybridized carbons (Fsp3) is 0.176. The van der Waals surface area contributed by atoms with Gasteiger partial charge < -0.3 is 10.0 Å². The number of carboxylic acid groups (broad SMARTS) is 1. The predicted molar refractivity (Wildman–Crippen MR) is 95.5 cm³/mol. The summed E-state index contributed by atoms with van der Waals surface area (Å²) in [6, 6.07) is 13.1. The first kappa shape index (κ1) is 17.6. The van der Waals surface area contributed by atoms with E-state index in [-0.39, 0.29) is 30.0 Å². The Morgan fingerprint density at radius 2 is 1.83 bits per heavy atom. The van der Waals surface area contributed by atoms with E-state index in [0.717, 1.165) is 16.3 Å². The highest BCUT2D eigenvalue weighted by molar-refractivity contribution is 9.18. The number of hydrogen-bond donors (Lipinski definition) is 3. The Hall–Kier alpha value is -2.72. The molecule has 3 N–H and O–H groups in total. The van der Waals surface area contributed by atoms with Crippen molar-refractivity contribution in [3.05, 3.63) is 47.5 Å². The zero-order valence-corrected chi connectivity index (χ0v) is 14.3. The van der Waals surface area contributed by atoms with Gasteiger partial charge in [0.15, 0.2) is 4.74 Å². The normalized spacial score (nSPS) is 10.2. The summed E-state index contributed by atoms with van der Waals surface area (Å²) < 4.78 is -0.00803. The van der Waals surface area contributed by atoms with Crippen LogP contribution in [-0.2, 0) is 11.3 Å². The molecular weight excluding hydrogens is 372 g/mol. The number of aliphatic carboxylic acids is 1. The maximum absolute atomic E-state index is 10.7. The standard InChI is InChI=1S/C17H15BrN4O2/c18-17(21)22(15(20)7-8-16(23)24)10-12-6-5-11(9-19)13-3-1-2-4-14(12)13/h1-6,20-21H,7-8,10H2,(H,23,24). The van der Waals surface area contributed by atoms with Gasteiger partial charge >= 0.3 is 5.97 Å². The Kier molecular flexibility index (Phi) is 5.66. The fourth-order valence-electron chi connectivity index (χ4n) is 2.41. The molecule has 0 fully saturated rings. The Bertz CT molecular complexity index is 857. The SMILES string of the molecule is N#Cc1ccc(CN(C(=N)Br)C(=N)CCC(=O)O)c2ccccc12. The van der Waals surface area contributed by atoms with Gasteiger partial charge in [0.2, 0.25) is 0 Å². The van der Waals surface area contributed by atoms with Crippen LogP contribution in [0.5, 0.6) is 0 Å². The molecule has 2 rings (SSSR count). The molecule has 6 nitrogen and oxygen atoms in total. The Morgan fingerprint density at radius 1 is 1.17 bits per heavy atom. The number of benzene rings is 2. The molecule has 0 bridgehead atoms. The molecule has 0 radical (unpaired) electrons. The molecule has 2 aromatic rings. The van der Waals surface area contributed by atoms with E-state index in [9.17, 15) is 10.1 Å². The number of hydrogen-bond acceptors (Lipinski definition) is 4. The van der Waals surface area contributed by atoms with Gasteiger partial charge in [-0.2, -0.15) is 5.26 Å². The number of rotatable bonds is 5.